The number of rotatable bonds is 15. The van der Waals surface area contributed by atoms with Crippen LogP contribution in [0.3, 0.4) is 0 Å². The second-order valence-corrected chi connectivity index (χ2v) is 19.8. The van der Waals surface area contributed by atoms with E-state index in [9.17, 15) is 38.4 Å². The molecule has 0 spiro atoms. The highest BCUT2D eigenvalue weighted by atomic mass is 35.5. The van der Waals surface area contributed by atoms with Crippen LogP contribution in [0.25, 0.3) is 20.2 Å². The second-order valence-electron chi connectivity index (χ2n) is 17.7. The molecule has 390 valence electrons. The molecule has 6 N–H and O–H groups in total. The molecule has 0 unspecified atom stereocenters. The van der Waals surface area contributed by atoms with Gasteiger partial charge in [-0.3, -0.25) is 34.6 Å². The lowest BCUT2D eigenvalue weighted by Gasteiger charge is -2.19. The van der Waals surface area contributed by atoms with E-state index >= 15 is 0 Å². The third kappa shape index (κ3) is 19.3. The Hall–Kier alpha value is -7.01. The van der Waals surface area contributed by atoms with Gasteiger partial charge in [-0.2, -0.15) is 0 Å². The van der Waals surface area contributed by atoms with E-state index in [4.69, 9.17) is 20.3 Å². The number of nitrogens with one attached hydrogen (secondary N) is 3. The molecular formula is C49H63ClN8O12S2. The number of fused-ring (bicyclic) bond motifs is 2. The zero-order chi connectivity index (χ0) is 52.1. The van der Waals surface area contributed by atoms with E-state index in [-0.39, 0.29) is 90.1 Å². The SMILES string of the molecule is C.CC(=O)CCNC(=O)c1cc2cc(CC(=O)c3nc(NC(=O)OC(C)(C)C)cn3C)ccc2s1.COC(=O)CCN.Cl.Cn1cc(NC(=O)OC(C)(C)C)nc1C(=O)Cc1ccc2sc(C(=O)O)cc2c1. The van der Waals surface area contributed by atoms with Crippen molar-refractivity contribution in [3.05, 3.63) is 93.5 Å². The van der Waals surface area contributed by atoms with Crippen LogP contribution in [-0.2, 0) is 50.7 Å². The maximum absolute atomic E-state index is 12.9. The van der Waals surface area contributed by atoms with Gasteiger partial charge >= 0.3 is 24.1 Å². The van der Waals surface area contributed by atoms with Gasteiger partial charge in [-0.25, -0.2) is 24.4 Å². The monoisotopic (exact) mass is 1050 g/mol. The average Bonchev–Trinajstić information content (AvgIpc) is 4.04. The number of imidazole rings is 2. The molecule has 0 saturated heterocycles. The fraction of sp³-hybridized carbons (Fsp3) is 0.388. The quantitative estimate of drug-likeness (QED) is 0.0365. The number of carboxylic acid groups (broad SMARTS) is 1. The number of ether oxygens (including phenoxy) is 3. The Morgan fingerprint density at radius 3 is 1.50 bits per heavy atom. The molecule has 0 aliphatic carbocycles. The Labute approximate surface area is 431 Å². The number of ketones is 3. The summed E-state index contributed by atoms with van der Waals surface area (Å²) in [5.41, 5.74) is 5.25. The minimum Gasteiger partial charge on any atom is -0.477 e. The molecule has 2 aromatic carbocycles. The Bertz CT molecular complexity index is 2910. The van der Waals surface area contributed by atoms with Gasteiger partial charge in [0.25, 0.3) is 5.91 Å². The number of esters is 1. The topological polar surface area (TPSA) is 282 Å². The summed E-state index contributed by atoms with van der Waals surface area (Å²) in [4.78, 5) is 103. The van der Waals surface area contributed by atoms with Crippen LogP contribution in [0.15, 0.2) is 60.9 Å². The molecule has 0 aliphatic rings. The van der Waals surface area contributed by atoms with Crippen molar-refractivity contribution in [1.29, 1.82) is 0 Å². The molecule has 4 heterocycles. The number of carbonyl (C=O) groups is 8. The number of carboxylic acids is 1. The van der Waals surface area contributed by atoms with E-state index < -0.39 is 29.4 Å². The number of halogens is 1. The molecular weight excluding hydrogens is 992 g/mol. The number of hydrogen-bond acceptors (Lipinski definition) is 16. The number of thiophene rings is 2. The predicted octanol–water partition coefficient (Wildman–Crippen LogP) is 8.79. The number of aromatic nitrogens is 4. The molecule has 23 heteroatoms. The van der Waals surface area contributed by atoms with Gasteiger partial charge in [0.05, 0.1) is 18.4 Å². The summed E-state index contributed by atoms with van der Waals surface area (Å²) in [6.45, 7) is 12.7. The van der Waals surface area contributed by atoms with E-state index in [1.165, 1.54) is 36.7 Å². The van der Waals surface area contributed by atoms with Crippen LogP contribution in [0, 0.1) is 0 Å². The van der Waals surface area contributed by atoms with Crippen molar-refractivity contribution < 1.29 is 57.7 Å². The van der Waals surface area contributed by atoms with Crippen LogP contribution in [0.2, 0.25) is 0 Å². The number of aryl methyl sites for hydroxylation is 2. The lowest BCUT2D eigenvalue weighted by molar-refractivity contribution is -0.140. The molecule has 6 aromatic rings. The molecule has 3 amide bonds. The first-order valence-electron chi connectivity index (χ1n) is 21.7. The molecule has 0 radical (unpaired) electrons. The minimum atomic E-state index is -0.971. The van der Waals surface area contributed by atoms with Gasteiger partial charge < -0.3 is 39.5 Å². The molecule has 0 bridgehead atoms. The minimum absolute atomic E-state index is 0. The maximum Gasteiger partial charge on any atom is 0.413 e. The Morgan fingerprint density at radius 1 is 0.694 bits per heavy atom. The molecule has 6 rings (SSSR count). The van der Waals surface area contributed by atoms with Crippen molar-refractivity contribution in [3.63, 3.8) is 0 Å². The predicted molar refractivity (Wildman–Crippen MR) is 280 cm³/mol. The Kier molecular flexibility index (Phi) is 22.9. The van der Waals surface area contributed by atoms with Gasteiger partial charge in [0.1, 0.15) is 21.9 Å². The number of aromatic carboxylic acids is 1. The molecule has 72 heavy (non-hydrogen) atoms. The van der Waals surface area contributed by atoms with Crippen LogP contribution in [0.5, 0.6) is 0 Å². The molecule has 0 atom stereocenters. The fourth-order valence-electron chi connectivity index (χ4n) is 6.20. The van der Waals surface area contributed by atoms with Gasteiger partial charge in [-0.15, -0.1) is 35.1 Å². The number of benzene rings is 2. The standard InChI is InChI=1S/C24H28N4O5S.C20H21N3O5S.C4H9NO2.CH4.ClH/c1-14(29)8-9-25-22(31)19-12-16-10-15(6-7-18(16)34-19)11-17(30)21-26-20(13-28(21)5)27-23(32)33-24(2,3)4;1-20(2,3)28-19(27)22-16-10-23(4)17(21-16)13(24)8-11-5-6-14-12(7-11)9-15(29-14)18(25)26;1-7-4(6)2-3-5;;/h6-7,10,12-13H,8-9,11H2,1-5H3,(H,25,31)(H,27,32);5-7,9-10H,8H2,1-4H3,(H,22,27)(H,25,26);2-3,5H2,1H3;1H4;1H. The molecule has 4 aromatic heterocycles. The number of Topliss-reactive ketones (excluding diaryl/α,β-unsaturated/α-hetero) is 3. The first kappa shape index (κ1) is 61.1. The van der Waals surface area contributed by atoms with Crippen molar-refractivity contribution in [2.45, 2.75) is 92.8 Å². The molecule has 0 fully saturated rings. The summed E-state index contributed by atoms with van der Waals surface area (Å²) >= 11 is 2.54. The van der Waals surface area contributed by atoms with Gasteiger partial charge in [-0.05, 0) is 107 Å². The van der Waals surface area contributed by atoms with Crippen LogP contribution < -0.4 is 21.7 Å². The number of anilines is 2. The Morgan fingerprint density at radius 2 is 1.12 bits per heavy atom. The van der Waals surface area contributed by atoms with E-state index in [2.05, 4.69) is 30.7 Å². The number of methoxy groups -OCH3 is 1. The van der Waals surface area contributed by atoms with Crippen LogP contribution in [-0.4, -0.2) is 103 Å². The summed E-state index contributed by atoms with van der Waals surface area (Å²) < 4.78 is 19.5. The summed E-state index contributed by atoms with van der Waals surface area (Å²) in [6, 6.07) is 14.4. The van der Waals surface area contributed by atoms with E-state index in [1.54, 1.807) is 101 Å². The van der Waals surface area contributed by atoms with Crippen LogP contribution in [0.1, 0.15) is 120 Å². The molecule has 0 saturated carbocycles. The lowest BCUT2D eigenvalue weighted by atomic mass is 10.1. The maximum atomic E-state index is 12.9. The van der Waals surface area contributed by atoms with Crippen molar-refractivity contribution >= 4 is 114 Å². The van der Waals surface area contributed by atoms with Gasteiger partial charge in [0, 0.05) is 68.2 Å². The summed E-state index contributed by atoms with van der Waals surface area (Å²) in [5, 5.41) is 18.5. The second kappa shape index (κ2) is 27.0. The average molecular weight is 1060 g/mol. The van der Waals surface area contributed by atoms with Crippen LogP contribution in [0.4, 0.5) is 21.2 Å². The summed E-state index contributed by atoms with van der Waals surface area (Å²) in [7, 11) is 4.69. The number of carbonyl (C=O) groups excluding carboxylic acids is 7. The smallest absolute Gasteiger partial charge is 0.413 e. The van der Waals surface area contributed by atoms with Crippen molar-refractivity contribution in [3.8, 4) is 0 Å². The van der Waals surface area contributed by atoms with Gasteiger partial charge in [0.2, 0.25) is 11.6 Å². The molecule has 20 nitrogen and oxygen atoms in total. The zero-order valence-corrected chi connectivity index (χ0v) is 43.5. The van der Waals surface area contributed by atoms with E-state index in [1.807, 2.05) is 24.3 Å². The lowest BCUT2D eigenvalue weighted by Crippen LogP contribution is -2.27. The van der Waals surface area contributed by atoms with Crippen molar-refractivity contribution in [2.24, 2.45) is 19.8 Å². The normalized spacial score (nSPS) is 10.8. The third-order valence-corrected chi connectivity index (χ3v) is 11.4. The first-order valence-corrected chi connectivity index (χ1v) is 23.3. The van der Waals surface area contributed by atoms with Crippen LogP contribution >= 0.6 is 35.1 Å². The fourth-order valence-corrected chi connectivity index (χ4v) is 8.04. The zero-order valence-electron chi connectivity index (χ0n) is 41.0. The number of nitrogens with zero attached hydrogens (tertiary/aromatic N) is 4. The third-order valence-electron chi connectivity index (χ3n) is 9.17. The summed E-state index contributed by atoms with van der Waals surface area (Å²) in [6.07, 6.45) is 2.63. The van der Waals surface area contributed by atoms with Crippen molar-refractivity contribution in [2.75, 3.05) is 30.8 Å². The Balaban J connectivity index is 0.000000428. The largest absolute Gasteiger partial charge is 0.477 e. The molecule has 0 aliphatic heterocycles. The highest BCUT2D eigenvalue weighted by Crippen LogP contribution is 2.29. The highest BCUT2D eigenvalue weighted by molar-refractivity contribution is 7.21. The van der Waals surface area contributed by atoms with Gasteiger partial charge in [0.15, 0.2) is 23.3 Å². The van der Waals surface area contributed by atoms with Gasteiger partial charge in [-0.1, -0.05) is 19.6 Å². The number of nitrogens with two attached hydrogens (primary N) is 1. The van der Waals surface area contributed by atoms with E-state index in [0.717, 1.165) is 31.3 Å². The van der Waals surface area contributed by atoms with Crippen molar-refractivity contribution in [1.82, 2.24) is 24.4 Å². The first-order chi connectivity index (χ1) is 32.7. The summed E-state index contributed by atoms with van der Waals surface area (Å²) in [5.74, 6) is -0.990. The number of hydrogen-bond donors (Lipinski definition) is 5. The van der Waals surface area contributed by atoms with E-state index in [0.29, 0.717) is 30.8 Å². The highest BCUT2D eigenvalue weighted by Gasteiger charge is 2.22. The number of amides is 3.